The lowest BCUT2D eigenvalue weighted by atomic mass is 9.97. The standard InChI is InChI=1S/C21H25NO4/c23-9-10-26-20-6-2-4-17(13-20)14-22-8-7-18(15-22)11-16-3-1-5-19(12-16)21(24)25/h1-6,12-13,18,23H,7-11,14-15H2,(H,24,25). The molecule has 5 heteroatoms. The SMILES string of the molecule is O=C(O)c1cccc(CC2CCN(Cc3cccc(OCCO)c3)C2)c1. The van der Waals surface area contributed by atoms with Crippen molar-refractivity contribution in [3.05, 3.63) is 65.2 Å². The molecular weight excluding hydrogens is 330 g/mol. The Labute approximate surface area is 153 Å². The van der Waals surface area contributed by atoms with Gasteiger partial charge in [-0.15, -0.1) is 0 Å². The van der Waals surface area contributed by atoms with Crippen molar-refractivity contribution in [2.45, 2.75) is 19.4 Å². The number of likely N-dealkylation sites (tertiary alicyclic amines) is 1. The number of benzene rings is 2. The zero-order chi connectivity index (χ0) is 18.4. The van der Waals surface area contributed by atoms with Gasteiger partial charge in [0.05, 0.1) is 12.2 Å². The molecule has 2 aromatic rings. The molecular formula is C21H25NO4. The van der Waals surface area contributed by atoms with Gasteiger partial charge < -0.3 is 14.9 Å². The molecule has 0 bridgehead atoms. The van der Waals surface area contributed by atoms with E-state index in [2.05, 4.69) is 11.0 Å². The van der Waals surface area contributed by atoms with Crippen LogP contribution in [0.15, 0.2) is 48.5 Å². The van der Waals surface area contributed by atoms with Gasteiger partial charge in [-0.1, -0.05) is 24.3 Å². The van der Waals surface area contributed by atoms with E-state index in [4.69, 9.17) is 14.9 Å². The fourth-order valence-electron chi connectivity index (χ4n) is 3.54. The molecule has 0 spiro atoms. The average Bonchev–Trinajstić information content (AvgIpc) is 3.07. The van der Waals surface area contributed by atoms with Gasteiger partial charge in [-0.2, -0.15) is 0 Å². The second kappa shape index (κ2) is 8.83. The molecule has 0 aliphatic carbocycles. The van der Waals surface area contributed by atoms with Crippen LogP contribution in [-0.4, -0.2) is 47.4 Å². The van der Waals surface area contributed by atoms with E-state index in [1.54, 1.807) is 12.1 Å². The van der Waals surface area contributed by atoms with Crippen LogP contribution >= 0.6 is 0 Å². The first-order chi connectivity index (χ1) is 12.6. The highest BCUT2D eigenvalue weighted by Gasteiger charge is 2.23. The third-order valence-corrected chi connectivity index (χ3v) is 4.73. The molecule has 3 rings (SSSR count). The number of aromatic carboxylic acids is 1. The maximum Gasteiger partial charge on any atom is 0.335 e. The molecule has 1 atom stereocenters. The molecule has 2 aromatic carbocycles. The van der Waals surface area contributed by atoms with Crippen molar-refractivity contribution in [3.8, 4) is 5.75 Å². The van der Waals surface area contributed by atoms with Crippen LogP contribution in [0.4, 0.5) is 0 Å². The van der Waals surface area contributed by atoms with Crippen molar-refractivity contribution in [1.29, 1.82) is 0 Å². The van der Waals surface area contributed by atoms with Crippen LogP contribution in [0.1, 0.15) is 27.9 Å². The summed E-state index contributed by atoms with van der Waals surface area (Å²) in [6.45, 7) is 3.26. The number of carbonyl (C=O) groups is 1. The summed E-state index contributed by atoms with van der Waals surface area (Å²) in [6, 6.07) is 15.3. The zero-order valence-corrected chi connectivity index (χ0v) is 14.8. The molecule has 5 nitrogen and oxygen atoms in total. The van der Waals surface area contributed by atoms with Crippen LogP contribution in [0.5, 0.6) is 5.75 Å². The normalized spacial score (nSPS) is 17.3. The summed E-state index contributed by atoms with van der Waals surface area (Å²) < 4.78 is 5.47. The van der Waals surface area contributed by atoms with Crippen molar-refractivity contribution in [1.82, 2.24) is 4.90 Å². The van der Waals surface area contributed by atoms with Crippen LogP contribution in [-0.2, 0) is 13.0 Å². The fraction of sp³-hybridized carbons (Fsp3) is 0.381. The molecule has 0 saturated carbocycles. The Kier molecular flexibility index (Phi) is 6.26. The van der Waals surface area contributed by atoms with E-state index in [0.29, 0.717) is 18.1 Å². The maximum absolute atomic E-state index is 11.1. The minimum atomic E-state index is -0.872. The molecule has 1 saturated heterocycles. The summed E-state index contributed by atoms with van der Waals surface area (Å²) in [7, 11) is 0. The summed E-state index contributed by atoms with van der Waals surface area (Å²) in [5.41, 5.74) is 2.65. The lowest BCUT2D eigenvalue weighted by molar-refractivity contribution is 0.0696. The number of aliphatic hydroxyl groups is 1. The molecule has 1 aliphatic rings. The number of carboxylic acid groups (broad SMARTS) is 1. The Balaban J connectivity index is 1.54. The summed E-state index contributed by atoms with van der Waals surface area (Å²) in [5, 5.41) is 18.0. The third-order valence-electron chi connectivity index (χ3n) is 4.73. The van der Waals surface area contributed by atoms with Gasteiger partial charge in [-0.05, 0) is 60.7 Å². The Morgan fingerprint density at radius 1 is 1.15 bits per heavy atom. The first-order valence-electron chi connectivity index (χ1n) is 9.01. The minimum Gasteiger partial charge on any atom is -0.491 e. The van der Waals surface area contributed by atoms with Crippen molar-refractivity contribution in [3.63, 3.8) is 0 Å². The summed E-state index contributed by atoms with van der Waals surface area (Å²) in [6.07, 6.45) is 2.04. The molecule has 0 aromatic heterocycles. The quantitative estimate of drug-likeness (QED) is 0.762. The first-order valence-corrected chi connectivity index (χ1v) is 9.01. The van der Waals surface area contributed by atoms with E-state index in [0.717, 1.165) is 43.8 Å². The van der Waals surface area contributed by atoms with Gasteiger partial charge in [0, 0.05) is 13.1 Å². The fourth-order valence-corrected chi connectivity index (χ4v) is 3.54. The monoisotopic (exact) mass is 355 g/mol. The number of hydrogen-bond donors (Lipinski definition) is 2. The van der Waals surface area contributed by atoms with Crippen LogP contribution < -0.4 is 4.74 Å². The Morgan fingerprint density at radius 3 is 2.77 bits per heavy atom. The number of nitrogens with zero attached hydrogens (tertiary/aromatic N) is 1. The molecule has 1 fully saturated rings. The highest BCUT2D eigenvalue weighted by atomic mass is 16.5. The third kappa shape index (κ3) is 5.07. The van der Waals surface area contributed by atoms with Crippen molar-refractivity contribution in [2.24, 2.45) is 5.92 Å². The lowest BCUT2D eigenvalue weighted by Gasteiger charge is -2.17. The highest BCUT2D eigenvalue weighted by molar-refractivity contribution is 5.87. The highest BCUT2D eigenvalue weighted by Crippen LogP contribution is 2.24. The van der Waals surface area contributed by atoms with Crippen molar-refractivity contribution in [2.75, 3.05) is 26.3 Å². The Bertz CT molecular complexity index is 746. The predicted molar refractivity (Wildman–Crippen MR) is 99.5 cm³/mol. The molecule has 0 amide bonds. The minimum absolute atomic E-state index is 0.0150. The largest absolute Gasteiger partial charge is 0.491 e. The van der Waals surface area contributed by atoms with Crippen molar-refractivity contribution >= 4 is 5.97 Å². The molecule has 1 unspecified atom stereocenters. The second-order valence-corrected chi connectivity index (χ2v) is 6.82. The van der Waals surface area contributed by atoms with Gasteiger partial charge in [-0.25, -0.2) is 4.79 Å². The molecule has 1 aliphatic heterocycles. The molecule has 0 radical (unpaired) electrons. The van der Waals surface area contributed by atoms with Crippen LogP contribution in [0.3, 0.4) is 0 Å². The smallest absolute Gasteiger partial charge is 0.335 e. The van der Waals surface area contributed by atoms with Crippen LogP contribution in [0.25, 0.3) is 0 Å². The summed E-state index contributed by atoms with van der Waals surface area (Å²) in [5.74, 6) is 0.467. The van der Waals surface area contributed by atoms with Gasteiger partial charge in [0.2, 0.25) is 0 Å². The summed E-state index contributed by atoms with van der Waals surface area (Å²) in [4.78, 5) is 13.5. The topological polar surface area (TPSA) is 70.0 Å². The van der Waals surface area contributed by atoms with Gasteiger partial charge in [0.1, 0.15) is 12.4 Å². The molecule has 1 heterocycles. The predicted octanol–water partition coefficient (Wildman–Crippen LogP) is 2.82. The second-order valence-electron chi connectivity index (χ2n) is 6.82. The Morgan fingerprint density at radius 2 is 1.96 bits per heavy atom. The number of ether oxygens (including phenoxy) is 1. The lowest BCUT2D eigenvalue weighted by Crippen LogP contribution is -2.20. The maximum atomic E-state index is 11.1. The number of rotatable bonds is 8. The van der Waals surface area contributed by atoms with E-state index in [1.807, 2.05) is 30.3 Å². The van der Waals surface area contributed by atoms with E-state index < -0.39 is 5.97 Å². The molecule has 138 valence electrons. The van der Waals surface area contributed by atoms with Gasteiger partial charge in [0.25, 0.3) is 0 Å². The van der Waals surface area contributed by atoms with E-state index in [9.17, 15) is 4.79 Å². The van der Waals surface area contributed by atoms with Gasteiger partial charge >= 0.3 is 5.97 Å². The van der Waals surface area contributed by atoms with Crippen LogP contribution in [0, 0.1) is 5.92 Å². The van der Waals surface area contributed by atoms with E-state index in [1.165, 1.54) is 5.56 Å². The van der Waals surface area contributed by atoms with E-state index >= 15 is 0 Å². The Hall–Kier alpha value is -2.37. The molecule has 2 N–H and O–H groups in total. The number of aliphatic hydroxyl groups excluding tert-OH is 1. The molecule has 26 heavy (non-hydrogen) atoms. The number of carboxylic acids is 1. The van der Waals surface area contributed by atoms with Gasteiger partial charge in [-0.3, -0.25) is 4.90 Å². The number of hydrogen-bond acceptors (Lipinski definition) is 4. The average molecular weight is 355 g/mol. The summed E-state index contributed by atoms with van der Waals surface area (Å²) >= 11 is 0. The van der Waals surface area contributed by atoms with E-state index in [-0.39, 0.29) is 6.61 Å². The zero-order valence-electron chi connectivity index (χ0n) is 14.8. The van der Waals surface area contributed by atoms with Gasteiger partial charge in [0.15, 0.2) is 0 Å². The van der Waals surface area contributed by atoms with Crippen molar-refractivity contribution < 1.29 is 19.7 Å². The van der Waals surface area contributed by atoms with Crippen LogP contribution in [0.2, 0.25) is 0 Å². The first kappa shape index (κ1) is 18.4.